The number of hydrogen-bond acceptors (Lipinski definition) is 17. The van der Waals surface area contributed by atoms with Gasteiger partial charge in [0.05, 0.1) is 57.1 Å². The Morgan fingerprint density at radius 2 is 0.904 bits per heavy atom. The summed E-state index contributed by atoms with van der Waals surface area (Å²) in [6, 6.07) is 55.3. The summed E-state index contributed by atoms with van der Waals surface area (Å²) in [5.41, 5.74) is 3.43. The van der Waals surface area contributed by atoms with E-state index in [1.807, 2.05) is 124 Å². The number of benzene rings is 6. The predicted molar refractivity (Wildman–Crippen MR) is 444 cm³/mol. The zero-order valence-corrected chi connectivity index (χ0v) is 73.5. The summed E-state index contributed by atoms with van der Waals surface area (Å²) in [5.74, 6) is -0.780. The van der Waals surface area contributed by atoms with Crippen molar-refractivity contribution in [3.63, 3.8) is 0 Å². The van der Waals surface area contributed by atoms with Crippen LogP contribution < -0.4 is 9.47 Å². The molecule has 592 valence electrons. The number of Topliss-reactive ketones (excluding diaryl/α,β-unsaturated/α-hetero) is 2. The topological polar surface area (TPSA) is 318 Å². The second-order valence-electron chi connectivity index (χ2n) is 25.5. The van der Waals surface area contributed by atoms with E-state index in [2.05, 4.69) is 147 Å². The van der Waals surface area contributed by atoms with Crippen LogP contribution in [0.15, 0.2) is 214 Å². The van der Waals surface area contributed by atoms with Crippen LogP contribution in [0, 0.1) is 31.1 Å². The number of nitrogens with zero attached hydrogens (tertiary/aromatic N) is 8. The van der Waals surface area contributed by atoms with Crippen molar-refractivity contribution in [3.8, 4) is 11.5 Å². The van der Waals surface area contributed by atoms with E-state index in [1.165, 1.54) is 33.6 Å². The fourth-order valence-corrected chi connectivity index (χ4v) is 14.8. The Kier molecular flexibility index (Phi) is 30.8. The van der Waals surface area contributed by atoms with Gasteiger partial charge in [0.25, 0.3) is 21.9 Å². The van der Waals surface area contributed by atoms with Crippen LogP contribution in [0.1, 0.15) is 75.6 Å². The number of ether oxygens (including phenoxy) is 2. The number of pyridine rings is 4. The van der Waals surface area contributed by atoms with Crippen LogP contribution >= 0.6 is 76.0 Å². The number of rotatable bonds is 10. The number of carbonyl (C=O) groups is 6. The number of halogens is 8. The Morgan fingerprint density at radius 1 is 0.500 bits per heavy atom. The van der Waals surface area contributed by atoms with Gasteiger partial charge in [-0.05, 0) is 164 Å². The van der Waals surface area contributed by atoms with Gasteiger partial charge in [-0.3, -0.25) is 43.1 Å². The molecule has 3 N–H and O–H groups in total. The van der Waals surface area contributed by atoms with E-state index in [-0.39, 0.29) is 93.9 Å². The van der Waals surface area contributed by atoms with Crippen LogP contribution in [0.25, 0.3) is 87.7 Å². The van der Waals surface area contributed by atoms with Crippen molar-refractivity contribution < 1.29 is 108 Å². The molecule has 10 heterocycles. The third-order valence-corrected chi connectivity index (χ3v) is 20.7. The molecule has 4 amide bonds. The molecule has 17 rings (SSSR count). The summed E-state index contributed by atoms with van der Waals surface area (Å²) in [6.07, 6.45) is 7.00. The van der Waals surface area contributed by atoms with Gasteiger partial charge in [0.2, 0.25) is 11.8 Å². The van der Waals surface area contributed by atoms with Crippen LogP contribution in [0.4, 0.5) is 13.2 Å². The van der Waals surface area contributed by atoms with Crippen LogP contribution in [0.5, 0.6) is 11.5 Å². The van der Waals surface area contributed by atoms with E-state index >= 15 is 0 Å². The van der Waals surface area contributed by atoms with Crippen LogP contribution in [0.3, 0.4) is 0 Å². The van der Waals surface area contributed by atoms with E-state index < -0.39 is 56.1 Å². The molecule has 0 bridgehead atoms. The number of nitrogens with one attached hydrogen (secondary N) is 2. The Morgan fingerprint density at radius 3 is 1.39 bits per heavy atom. The fourth-order valence-electron chi connectivity index (χ4n) is 13.2. The maximum Gasteiger partial charge on any atom is 0.523 e. The minimum Gasteiger partial charge on any atom is -0.497 e. The quantitative estimate of drug-likeness (QED) is 0.0376. The molecule has 1 saturated carbocycles. The number of aromatic nitrogens is 8. The zero-order valence-electron chi connectivity index (χ0n) is 59.8. The standard InChI is InChI=1S/C24H20BrN3O3.C17H13BrN2O2.C14H14F3NO6S.C11H7BrN2.C11H8N2.CH4O3S.CH4.Br2.U/c1-31-17-7-4-15(5-8-17)14-27-22(29)11-10-21(24(27)30)28-20-9-6-16(25)13-19(20)18-3-2-12-26-23(18)28;18-10-3-5-14-13(8-10)12-2-1-7-19-17(12)20(14)15-6-4-11(21)9-16(15)22;1-23-10-4-2-9(3-5-10)8-18-12(19)7-6-11(13(18)20)24-25(21,22)14(15,16)17;12-7-3-4-10-9(6-7)8-2-1-5-13-11(8)14-10;1-2-6-10-8(4-1)9-5-3-7-12-11(9)13-10;1-5(2,3)4;;1-2;/h2-9,12-13,21H,10-11,14H2,1H3;1-3,5,7-8,15H,4,6,9H2;2-5,11H,6-8H2,1H3;1-6H,(H,13,14);1-7H,(H,12,13);1H3,(H,2,3,4);1H4;;. The third-order valence-electron chi connectivity index (χ3n) is 18.2. The van der Waals surface area contributed by atoms with Gasteiger partial charge in [-0.25, -0.2) is 24.1 Å². The number of aromatic amines is 2. The number of piperidine rings is 2. The SMILES string of the molecule is BrBr.Brc1ccc2[nH]c3ncccc3c2c1.C.COc1ccc(CN2C(=O)CCC(OS(=O)(=O)C(F)(F)F)C2=O)cc1.COc1ccc(CN2C(=O)CCC(n3c4ccc(Br)cc4c4cccnc43)C2=O)cc1.CS(=O)(=O)O.O=C1CCC(n2c3ccc(Br)cc3c3cccnc32)C(=O)C1.[U].c1ccc2c(c1)[nH]c1ncccc12. The Balaban J connectivity index is 0.000000163. The number of alkyl halides is 3. The van der Waals surface area contributed by atoms with Crippen molar-refractivity contribution in [2.24, 2.45) is 0 Å². The van der Waals surface area contributed by atoms with Crippen LogP contribution in [-0.4, -0.2) is 138 Å². The molecule has 6 aromatic carbocycles. The molecule has 3 aliphatic rings. The average Bonchev–Trinajstić information content (AvgIpc) is 1.59. The first-order valence-electron chi connectivity index (χ1n) is 34.0. The molecule has 8 aromatic heterocycles. The number of likely N-dealkylation sites (tertiary alicyclic amines) is 2. The number of para-hydroxylation sites is 1. The van der Waals surface area contributed by atoms with Crippen molar-refractivity contribution in [2.45, 2.75) is 89.2 Å². The first-order chi connectivity index (χ1) is 53.6. The van der Waals surface area contributed by atoms with E-state index in [0.717, 1.165) is 90.9 Å². The Hall–Kier alpha value is -8.60. The largest absolute Gasteiger partial charge is 0.523 e. The minimum absolute atomic E-state index is 0. The molecule has 2 aliphatic heterocycles. The number of imide groups is 2. The summed E-state index contributed by atoms with van der Waals surface area (Å²) >= 11 is 16.0. The molecule has 24 nitrogen and oxygen atoms in total. The maximum absolute atomic E-state index is 13.5. The van der Waals surface area contributed by atoms with Gasteiger partial charge in [-0.1, -0.05) is 97.7 Å². The number of methoxy groups -OCH3 is 2. The van der Waals surface area contributed by atoms with E-state index in [9.17, 15) is 58.8 Å². The van der Waals surface area contributed by atoms with Crippen LogP contribution in [-0.2, 0) is 66.3 Å². The van der Waals surface area contributed by atoms with Gasteiger partial charge >= 0.3 is 15.6 Å². The molecule has 114 heavy (non-hydrogen) atoms. The number of H-pyrrole nitrogens is 2. The van der Waals surface area contributed by atoms with Crippen molar-refractivity contribution in [1.29, 1.82) is 0 Å². The summed E-state index contributed by atoms with van der Waals surface area (Å²) in [5, 5.41) is 8.94. The first-order valence-corrected chi connectivity index (χ1v) is 43.4. The molecule has 14 aromatic rings. The molecule has 3 fully saturated rings. The summed E-state index contributed by atoms with van der Waals surface area (Å²) in [6.45, 7) is 0.0296. The van der Waals surface area contributed by atoms with Gasteiger partial charge in [-0.2, -0.15) is 30.0 Å². The minimum atomic E-state index is -5.93. The maximum atomic E-state index is 13.5. The molecule has 1 aliphatic carbocycles. The predicted octanol–water partition coefficient (Wildman–Crippen LogP) is 18.3. The molecular formula is C79H70Br5F3N10O14S2U. The normalized spacial score (nSPS) is 15.7. The summed E-state index contributed by atoms with van der Waals surface area (Å²) in [7, 11) is -6.53. The molecule has 3 atom stereocenters. The van der Waals surface area contributed by atoms with Gasteiger partial charge in [0.1, 0.15) is 45.9 Å². The van der Waals surface area contributed by atoms with Gasteiger partial charge < -0.3 is 28.6 Å². The van der Waals surface area contributed by atoms with Crippen molar-refractivity contribution in [3.05, 3.63) is 225 Å². The molecule has 3 unspecified atom stereocenters. The average molecular weight is 2140 g/mol. The number of amides is 4. The number of carbonyl (C=O) groups excluding carboxylic acids is 6. The zero-order chi connectivity index (χ0) is 80.3. The Labute approximate surface area is 715 Å². The molecular weight excluding hydrogens is 2070 g/mol. The molecule has 2 saturated heterocycles. The smallest absolute Gasteiger partial charge is 0.497 e. The van der Waals surface area contributed by atoms with Crippen molar-refractivity contribution >= 4 is 219 Å². The third kappa shape index (κ3) is 21.2. The van der Waals surface area contributed by atoms with Crippen molar-refractivity contribution in [2.75, 3.05) is 20.5 Å². The van der Waals surface area contributed by atoms with Crippen LogP contribution in [0.2, 0.25) is 0 Å². The molecule has 0 spiro atoms. The van der Waals surface area contributed by atoms with Gasteiger partial charge in [0, 0.05) is 171 Å². The number of hydrogen-bond donors (Lipinski definition) is 3. The Bertz CT molecular complexity index is 6060. The first kappa shape index (κ1) is 89.3. The van der Waals surface area contributed by atoms with E-state index in [0.29, 0.717) is 48.2 Å². The van der Waals surface area contributed by atoms with Gasteiger partial charge in [0.15, 0.2) is 11.9 Å². The number of ketones is 2. The monoisotopic (exact) mass is 2140 g/mol. The van der Waals surface area contributed by atoms with E-state index in [1.54, 1.807) is 56.2 Å². The fraction of sp³-hybridized carbons (Fsp3) is 0.215. The van der Waals surface area contributed by atoms with Gasteiger partial charge in [-0.15, -0.1) is 0 Å². The second-order valence-corrected chi connectivity index (χ2v) is 31.3. The van der Waals surface area contributed by atoms with E-state index in [4.69, 9.17) is 14.0 Å². The summed E-state index contributed by atoms with van der Waals surface area (Å²) in [4.78, 5) is 100. The molecule has 35 heteroatoms. The molecule has 0 radical (unpaired) electrons. The summed E-state index contributed by atoms with van der Waals surface area (Å²) < 4.78 is 106. The second kappa shape index (κ2) is 39.4. The number of fused-ring (bicyclic) bond motifs is 12. The van der Waals surface area contributed by atoms with Crippen molar-refractivity contribution in [1.82, 2.24) is 48.8 Å².